The molecule has 0 aromatic carbocycles. The number of piperidine rings is 1. The molecule has 1 aliphatic heterocycles. The van der Waals surface area contributed by atoms with Gasteiger partial charge in [-0.05, 0) is 45.3 Å². The van der Waals surface area contributed by atoms with Crippen molar-refractivity contribution >= 4 is 22.4 Å². The molecule has 1 amide bonds. The number of thiazole rings is 1. The second-order valence-corrected chi connectivity index (χ2v) is 7.59. The van der Waals surface area contributed by atoms with Crippen LogP contribution in [0.4, 0.5) is 5.13 Å². The van der Waals surface area contributed by atoms with Crippen LogP contribution in [-0.2, 0) is 16.1 Å². The van der Waals surface area contributed by atoms with Crippen LogP contribution >= 0.6 is 11.3 Å². The summed E-state index contributed by atoms with van der Waals surface area (Å²) in [6.07, 6.45) is 3.46. The minimum Gasteiger partial charge on any atom is -0.385 e. The molecule has 0 atom stereocenters. The van der Waals surface area contributed by atoms with Crippen molar-refractivity contribution in [2.75, 3.05) is 52.3 Å². The van der Waals surface area contributed by atoms with E-state index in [1.165, 1.54) is 24.2 Å². The summed E-state index contributed by atoms with van der Waals surface area (Å²) in [5.41, 5.74) is 1.05. The van der Waals surface area contributed by atoms with Crippen LogP contribution in [0.25, 0.3) is 0 Å². The Balaban J connectivity index is 1.71. The molecule has 24 heavy (non-hydrogen) atoms. The second kappa shape index (κ2) is 10.1. The van der Waals surface area contributed by atoms with Gasteiger partial charge in [0.2, 0.25) is 5.91 Å². The second-order valence-electron chi connectivity index (χ2n) is 6.73. The summed E-state index contributed by atoms with van der Waals surface area (Å²) in [6, 6.07) is 0. The van der Waals surface area contributed by atoms with E-state index in [4.69, 9.17) is 4.74 Å². The lowest BCUT2D eigenvalue weighted by Crippen LogP contribution is -2.32. The van der Waals surface area contributed by atoms with Crippen molar-refractivity contribution in [3.05, 3.63) is 11.1 Å². The first-order valence-corrected chi connectivity index (χ1v) is 9.59. The molecule has 0 saturated carbocycles. The lowest BCUT2D eigenvalue weighted by molar-refractivity contribution is -0.117. The lowest BCUT2D eigenvalue weighted by Gasteiger charge is -2.29. The van der Waals surface area contributed by atoms with Crippen molar-refractivity contribution in [3.63, 3.8) is 0 Å². The Morgan fingerprint density at radius 2 is 2.25 bits per heavy atom. The maximum absolute atomic E-state index is 12.1. The fraction of sp³-hybridized carbons (Fsp3) is 0.765. The van der Waals surface area contributed by atoms with Crippen molar-refractivity contribution in [1.82, 2.24) is 14.8 Å². The third kappa shape index (κ3) is 6.84. The molecule has 1 fully saturated rings. The SMILES string of the molecule is COCCCN(C)CC(=O)Nc1nc(CN2CCC(C)CC2)cs1. The number of hydrogen-bond acceptors (Lipinski definition) is 6. The summed E-state index contributed by atoms with van der Waals surface area (Å²) in [7, 11) is 3.64. The predicted octanol–water partition coefficient (Wildman–Crippen LogP) is 2.28. The molecule has 0 radical (unpaired) electrons. The average Bonchev–Trinajstić information content (AvgIpc) is 2.96. The van der Waals surface area contributed by atoms with Gasteiger partial charge in [0.1, 0.15) is 0 Å². The molecule has 6 nitrogen and oxygen atoms in total. The fourth-order valence-electron chi connectivity index (χ4n) is 2.85. The molecule has 1 aliphatic rings. The maximum Gasteiger partial charge on any atom is 0.240 e. The highest BCUT2D eigenvalue weighted by Gasteiger charge is 2.17. The van der Waals surface area contributed by atoms with Crippen molar-refractivity contribution in [2.45, 2.75) is 32.7 Å². The Morgan fingerprint density at radius 1 is 1.50 bits per heavy atom. The van der Waals surface area contributed by atoms with Crippen LogP contribution in [0.15, 0.2) is 5.38 Å². The predicted molar refractivity (Wildman–Crippen MR) is 98.4 cm³/mol. The normalized spacial score (nSPS) is 16.7. The first-order valence-electron chi connectivity index (χ1n) is 8.71. The van der Waals surface area contributed by atoms with Crippen molar-refractivity contribution in [3.8, 4) is 0 Å². The number of nitrogens with one attached hydrogen (secondary N) is 1. The monoisotopic (exact) mass is 354 g/mol. The zero-order valence-corrected chi connectivity index (χ0v) is 15.9. The number of amides is 1. The maximum atomic E-state index is 12.1. The first kappa shape index (κ1) is 19.3. The lowest BCUT2D eigenvalue weighted by atomic mass is 9.99. The quantitative estimate of drug-likeness (QED) is 0.690. The number of ether oxygens (including phenoxy) is 1. The number of carbonyl (C=O) groups is 1. The molecule has 1 aromatic rings. The number of hydrogen-bond donors (Lipinski definition) is 1. The van der Waals surface area contributed by atoms with E-state index in [1.807, 2.05) is 11.9 Å². The van der Waals surface area contributed by atoms with Crippen molar-refractivity contribution in [2.24, 2.45) is 5.92 Å². The largest absolute Gasteiger partial charge is 0.385 e. The highest BCUT2D eigenvalue weighted by atomic mass is 32.1. The van der Waals surface area contributed by atoms with Crippen LogP contribution < -0.4 is 5.32 Å². The molecule has 2 rings (SSSR count). The molecule has 136 valence electrons. The molecule has 1 N–H and O–H groups in total. The zero-order chi connectivity index (χ0) is 17.4. The summed E-state index contributed by atoms with van der Waals surface area (Å²) in [4.78, 5) is 21.1. The van der Waals surface area contributed by atoms with Gasteiger partial charge in [-0.1, -0.05) is 6.92 Å². The van der Waals surface area contributed by atoms with Gasteiger partial charge < -0.3 is 10.1 Å². The van der Waals surface area contributed by atoms with Crippen LogP contribution in [0.1, 0.15) is 31.9 Å². The Morgan fingerprint density at radius 3 is 2.96 bits per heavy atom. The Bertz CT molecular complexity index is 501. The molecule has 0 unspecified atom stereocenters. The van der Waals surface area contributed by atoms with Crippen LogP contribution in [0.2, 0.25) is 0 Å². The minimum absolute atomic E-state index is 0.0115. The van der Waals surface area contributed by atoms with Gasteiger partial charge >= 0.3 is 0 Å². The number of methoxy groups -OCH3 is 1. The number of likely N-dealkylation sites (N-methyl/N-ethyl adjacent to an activating group) is 1. The summed E-state index contributed by atoms with van der Waals surface area (Å²) in [6.45, 7) is 7.44. The molecular weight excluding hydrogens is 324 g/mol. The Hall–Kier alpha value is -1.02. The standard InChI is InChI=1S/C17H30N4O2S/c1-14-5-8-21(9-6-14)11-15-13-24-17(18-15)19-16(22)12-20(2)7-4-10-23-3/h13-14H,4-12H2,1-3H3,(H,18,19,22). The van der Waals surface area contributed by atoms with Gasteiger partial charge in [-0.15, -0.1) is 11.3 Å². The molecule has 1 saturated heterocycles. The van der Waals surface area contributed by atoms with E-state index in [0.29, 0.717) is 11.7 Å². The first-order chi connectivity index (χ1) is 11.6. The van der Waals surface area contributed by atoms with Crippen LogP contribution in [0.3, 0.4) is 0 Å². The highest BCUT2D eigenvalue weighted by molar-refractivity contribution is 7.13. The summed E-state index contributed by atoms with van der Waals surface area (Å²) in [5, 5.41) is 5.66. The van der Waals surface area contributed by atoms with E-state index < -0.39 is 0 Å². The van der Waals surface area contributed by atoms with E-state index in [0.717, 1.165) is 50.8 Å². The van der Waals surface area contributed by atoms with Crippen LogP contribution in [-0.4, -0.2) is 67.6 Å². The summed E-state index contributed by atoms with van der Waals surface area (Å²) < 4.78 is 5.02. The Labute approximate surface area is 149 Å². The molecular formula is C17H30N4O2S. The van der Waals surface area contributed by atoms with E-state index in [1.54, 1.807) is 7.11 Å². The zero-order valence-electron chi connectivity index (χ0n) is 15.1. The van der Waals surface area contributed by atoms with Crippen LogP contribution in [0.5, 0.6) is 0 Å². The molecule has 0 bridgehead atoms. The number of anilines is 1. The number of carbonyl (C=O) groups excluding carboxylic acids is 1. The minimum atomic E-state index is -0.0115. The smallest absolute Gasteiger partial charge is 0.240 e. The van der Waals surface area contributed by atoms with Gasteiger partial charge in [0.15, 0.2) is 5.13 Å². The molecule has 2 heterocycles. The number of nitrogens with zero attached hydrogens (tertiary/aromatic N) is 3. The highest BCUT2D eigenvalue weighted by Crippen LogP contribution is 2.20. The van der Waals surface area contributed by atoms with Gasteiger partial charge in [0.05, 0.1) is 12.2 Å². The van der Waals surface area contributed by atoms with Gasteiger partial charge in [-0.2, -0.15) is 0 Å². The van der Waals surface area contributed by atoms with Gasteiger partial charge in [0, 0.05) is 32.2 Å². The average molecular weight is 355 g/mol. The van der Waals surface area contributed by atoms with Gasteiger partial charge in [-0.25, -0.2) is 4.98 Å². The summed E-state index contributed by atoms with van der Waals surface area (Å²) >= 11 is 1.51. The van der Waals surface area contributed by atoms with Crippen molar-refractivity contribution < 1.29 is 9.53 Å². The van der Waals surface area contributed by atoms with E-state index in [2.05, 4.69) is 27.5 Å². The topological polar surface area (TPSA) is 57.7 Å². The molecule has 0 aliphatic carbocycles. The number of aromatic nitrogens is 1. The van der Waals surface area contributed by atoms with E-state index in [-0.39, 0.29) is 5.91 Å². The van der Waals surface area contributed by atoms with Crippen molar-refractivity contribution in [1.29, 1.82) is 0 Å². The van der Waals surface area contributed by atoms with Crippen LogP contribution in [0, 0.1) is 5.92 Å². The summed E-state index contributed by atoms with van der Waals surface area (Å²) in [5.74, 6) is 0.829. The fourth-order valence-corrected chi connectivity index (χ4v) is 3.57. The molecule has 1 aromatic heterocycles. The number of rotatable bonds is 9. The Kier molecular flexibility index (Phi) is 8.11. The third-order valence-corrected chi connectivity index (χ3v) is 5.17. The van der Waals surface area contributed by atoms with Gasteiger partial charge in [-0.3, -0.25) is 14.6 Å². The number of likely N-dealkylation sites (tertiary alicyclic amines) is 1. The van der Waals surface area contributed by atoms with Gasteiger partial charge in [0.25, 0.3) is 0 Å². The molecule has 0 spiro atoms. The van der Waals surface area contributed by atoms with E-state index in [9.17, 15) is 4.79 Å². The molecule has 7 heteroatoms. The van der Waals surface area contributed by atoms with E-state index >= 15 is 0 Å². The third-order valence-electron chi connectivity index (χ3n) is 4.36.